The van der Waals surface area contributed by atoms with Crippen LogP contribution in [0.2, 0.25) is 0 Å². The summed E-state index contributed by atoms with van der Waals surface area (Å²) in [4.78, 5) is 8.51. The normalized spacial score (nSPS) is 14.9. The molecule has 41 heavy (non-hydrogen) atoms. The molecular formula is C31H34FN9. The molecule has 0 bridgehead atoms. The standard InChI is InChI=1S/C31H34FN9/c1-18(2)31(9-10-31)41-16-25(39-40-41)29(23-7-8-26(32)37-19(23)3)38-22-11-20(13-33)27-24(12-22)28(21(14-34)15-35-27)36-17-30(4,5)6/h7-8,11-12,15-16,18,29,38H,9-10,17H2,1-6H3,(H,35,36). The molecule has 1 aromatic carbocycles. The van der Waals surface area contributed by atoms with Gasteiger partial charge in [0.2, 0.25) is 5.95 Å². The van der Waals surface area contributed by atoms with Crippen molar-refractivity contribution in [3.8, 4) is 12.1 Å². The lowest BCUT2D eigenvalue weighted by Crippen LogP contribution is -2.24. The van der Waals surface area contributed by atoms with Gasteiger partial charge in [0.15, 0.2) is 0 Å². The number of benzene rings is 1. The Labute approximate surface area is 239 Å². The molecule has 9 nitrogen and oxygen atoms in total. The molecule has 0 spiro atoms. The van der Waals surface area contributed by atoms with Crippen LogP contribution in [0.15, 0.2) is 36.7 Å². The van der Waals surface area contributed by atoms with Gasteiger partial charge in [-0.05, 0) is 49.3 Å². The summed E-state index contributed by atoms with van der Waals surface area (Å²) in [5, 5.41) is 36.5. The van der Waals surface area contributed by atoms with E-state index in [1.807, 2.05) is 16.9 Å². The third-order valence-corrected chi connectivity index (χ3v) is 7.82. The highest BCUT2D eigenvalue weighted by Crippen LogP contribution is 2.49. The molecular weight excluding hydrogens is 517 g/mol. The average molecular weight is 552 g/mol. The molecule has 0 amide bonds. The highest BCUT2D eigenvalue weighted by Gasteiger charge is 2.48. The molecule has 4 aromatic rings. The van der Waals surface area contributed by atoms with Gasteiger partial charge >= 0.3 is 0 Å². The largest absolute Gasteiger partial charge is 0.383 e. The number of rotatable bonds is 8. The van der Waals surface area contributed by atoms with Crippen molar-refractivity contribution in [2.45, 2.75) is 66.0 Å². The van der Waals surface area contributed by atoms with E-state index in [1.165, 1.54) is 12.3 Å². The molecule has 0 saturated heterocycles. The van der Waals surface area contributed by atoms with E-state index >= 15 is 0 Å². The van der Waals surface area contributed by atoms with Gasteiger partial charge in [0.05, 0.1) is 40.1 Å². The second kappa shape index (κ2) is 10.4. The van der Waals surface area contributed by atoms with Crippen molar-refractivity contribution in [2.75, 3.05) is 17.2 Å². The Hall–Kier alpha value is -4.57. The first-order valence-electron chi connectivity index (χ1n) is 13.8. The molecule has 10 heteroatoms. The topological polar surface area (TPSA) is 128 Å². The highest BCUT2D eigenvalue weighted by atomic mass is 19.1. The first-order valence-corrected chi connectivity index (χ1v) is 13.8. The van der Waals surface area contributed by atoms with E-state index in [4.69, 9.17) is 0 Å². The smallest absolute Gasteiger partial charge is 0.213 e. The van der Waals surface area contributed by atoms with Gasteiger partial charge in [-0.25, -0.2) is 9.67 Å². The zero-order chi connectivity index (χ0) is 29.5. The second-order valence-electron chi connectivity index (χ2n) is 12.3. The van der Waals surface area contributed by atoms with E-state index in [1.54, 1.807) is 19.1 Å². The summed E-state index contributed by atoms with van der Waals surface area (Å²) in [7, 11) is 0. The molecule has 1 aliphatic carbocycles. The molecule has 1 unspecified atom stereocenters. The van der Waals surface area contributed by atoms with Crippen molar-refractivity contribution >= 4 is 22.3 Å². The lowest BCUT2D eigenvalue weighted by molar-refractivity contribution is 0.313. The number of hydrogen-bond donors (Lipinski definition) is 2. The maximum Gasteiger partial charge on any atom is 0.213 e. The molecule has 1 saturated carbocycles. The van der Waals surface area contributed by atoms with Crippen molar-refractivity contribution < 1.29 is 4.39 Å². The van der Waals surface area contributed by atoms with Gasteiger partial charge in [0.25, 0.3) is 0 Å². The van der Waals surface area contributed by atoms with Gasteiger partial charge in [0.1, 0.15) is 17.8 Å². The van der Waals surface area contributed by atoms with E-state index in [-0.39, 0.29) is 11.0 Å². The number of nitrogens with zero attached hydrogens (tertiary/aromatic N) is 7. The SMILES string of the molecule is Cc1nc(F)ccc1C(Nc1cc(C#N)c2ncc(C#N)c(NCC(C)(C)C)c2c1)c1cn(C2(C(C)C)CC2)nn1. The number of fused-ring (bicyclic) bond motifs is 1. The summed E-state index contributed by atoms with van der Waals surface area (Å²) in [5.41, 5.74) is 4.33. The monoisotopic (exact) mass is 551 g/mol. The van der Waals surface area contributed by atoms with Crippen molar-refractivity contribution in [3.05, 3.63) is 70.7 Å². The fourth-order valence-corrected chi connectivity index (χ4v) is 5.25. The van der Waals surface area contributed by atoms with Gasteiger partial charge < -0.3 is 10.6 Å². The summed E-state index contributed by atoms with van der Waals surface area (Å²) < 4.78 is 16.0. The Kier molecular flexibility index (Phi) is 7.12. The number of aromatic nitrogens is 5. The predicted molar refractivity (Wildman–Crippen MR) is 156 cm³/mol. The Balaban J connectivity index is 1.63. The summed E-state index contributed by atoms with van der Waals surface area (Å²) in [6.07, 6.45) is 5.53. The molecule has 3 aromatic heterocycles. The molecule has 0 radical (unpaired) electrons. The maximum absolute atomic E-state index is 14.0. The number of pyridine rings is 2. The van der Waals surface area contributed by atoms with Gasteiger partial charge in [-0.2, -0.15) is 14.9 Å². The minimum Gasteiger partial charge on any atom is -0.383 e. The Morgan fingerprint density at radius 1 is 1.12 bits per heavy atom. The van der Waals surface area contributed by atoms with E-state index in [0.29, 0.717) is 57.3 Å². The van der Waals surface area contributed by atoms with Crippen LogP contribution >= 0.6 is 0 Å². The van der Waals surface area contributed by atoms with Gasteiger partial charge in [-0.3, -0.25) is 4.98 Å². The van der Waals surface area contributed by atoms with Crippen molar-refractivity contribution in [2.24, 2.45) is 11.3 Å². The van der Waals surface area contributed by atoms with E-state index in [2.05, 4.69) is 77.7 Å². The molecule has 1 atom stereocenters. The second-order valence-corrected chi connectivity index (χ2v) is 12.3. The minimum absolute atomic E-state index is 0.0458. The Morgan fingerprint density at radius 3 is 2.46 bits per heavy atom. The maximum atomic E-state index is 14.0. The van der Waals surface area contributed by atoms with Gasteiger partial charge in [-0.15, -0.1) is 5.10 Å². The lowest BCUT2D eigenvalue weighted by Gasteiger charge is -2.23. The van der Waals surface area contributed by atoms with Crippen LogP contribution in [0.3, 0.4) is 0 Å². The van der Waals surface area contributed by atoms with E-state index in [0.717, 1.165) is 18.4 Å². The van der Waals surface area contributed by atoms with Crippen molar-refractivity contribution in [3.63, 3.8) is 0 Å². The van der Waals surface area contributed by atoms with E-state index in [9.17, 15) is 14.9 Å². The zero-order valence-corrected chi connectivity index (χ0v) is 24.2. The highest BCUT2D eigenvalue weighted by molar-refractivity contribution is 5.99. The van der Waals surface area contributed by atoms with Crippen LogP contribution in [-0.4, -0.2) is 31.5 Å². The molecule has 2 N–H and O–H groups in total. The molecule has 210 valence electrons. The number of halogens is 1. The van der Waals surface area contributed by atoms with E-state index < -0.39 is 12.0 Å². The number of nitrogens with one attached hydrogen (secondary N) is 2. The van der Waals surface area contributed by atoms with Crippen LogP contribution in [0.4, 0.5) is 15.8 Å². The Morgan fingerprint density at radius 2 is 1.85 bits per heavy atom. The quantitative estimate of drug-likeness (QED) is 0.247. The number of nitriles is 2. The molecule has 5 rings (SSSR count). The first kappa shape index (κ1) is 28.0. The fourth-order valence-electron chi connectivity index (χ4n) is 5.25. The number of aryl methyl sites for hydroxylation is 1. The molecule has 0 aliphatic heterocycles. The van der Waals surface area contributed by atoms with Crippen molar-refractivity contribution in [1.29, 1.82) is 10.5 Å². The summed E-state index contributed by atoms with van der Waals surface area (Å²) >= 11 is 0. The summed E-state index contributed by atoms with van der Waals surface area (Å²) in [6, 6.07) is 10.6. The Bertz CT molecular complexity index is 1700. The van der Waals surface area contributed by atoms with Crippen LogP contribution in [0, 0.1) is 46.9 Å². The third kappa shape index (κ3) is 5.43. The van der Waals surface area contributed by atoms with Gasteiger partial charge in [-0.1, -0.05) is 45.9 Å². The predicted octanol–water partition coefficient (Wildman–Crippen LogP) is 6.22. The molecule has 3 heterocycles. The minimum atomic E-state index is -0.562. The average Bonchev–Trinajstić information content (AvgIpc) is 3.60. The van der Waals surface area contributed by atoms with Crippen LogP contribution in [-0.2, 0) is 5.54 Å². The molecule has 1 aliphatic rings. The summed E-state index contributed by atoms with van der Waals surface area (Å²) in [6.45, 7) is 13.1. The van der Waals surface area contributed by atoms with Crippen LogP contribution < -0.4 is 10.6 Å². The lowest BCUT2D eigenvalue weighted by atomic mass is 9.96. The number of hydrogen-bond acceptors (Lipinski definition) is 8. The fraction of sp³-hybridized carbons (Fsp3) is 0.419. The third-order valence-electron chi connectivity index (χ3n) is 7.82. The summed E-state index contributed by atoms with van der Waals surface area (Å²) in [5.74, 6) is -0.162. The van der Waals surface area contributed by atoms with Gasteiger partial charge in [0, 0.05) is 35.1 Å². The van der Waals surface area contributed by atoms with Crippen molar-refractivity contribution in [1.82, 2.24) is 25.0 Å². The van der Waals surface area contributed by atoms with Crippen LogP contribution in [0.5, 0.6) is 0 Å². The van der Waals surface area contributed by atoms with Crippen LogP contribution in [0.25, 0.3) is 10.9 Å². The molecule has 1 fully saturated rings. The number of anilines is 2. The van der Waals surface area contributed by atoms with Crippen LogP contribution in [0.1, 0.15) is 81.6 Å². The zero-order valence-electron chi connectivity index (χ0n) is 24.2. The first-order chi connectivity index (χ1) is 19.5.